The fraction of sp³-hybridized carbons (Fsp3) is 0.0714. The maximum Gasteiger partial charge on any atom is 0.337 e. The van der Waals surface area contributed by atoms with E-state index in [1.165, 1.54) is 31.4 Å². The summed E-state index contributed by atoms with van der Waals surface area (Å²) in [5, 5.41) is 12.0. The molecule has 0 radical (unpaired) electrons. The van der Waals surface area contributed by atoms with Crippen LogP contribution in [-0.2, 0) is 0 Å². The van der Waals surface area contributed by atoms with Crippen molar-refractivity contribution in [3.05, 3.63) is 47.8 Å². The van der Waals surface area contributed by atoms with Crippen molar-refractivity contribution in [2.75, 3.05) is 18.2 Å². The Kier molecular flexibility index (Phi) is 3.74. The van der Waals surface area contributed by atoms with E-state index in [-0.39, 0.29) is 22.7 Å². The van der Waals surface area contributed by atoms with Crippen LogP contribution in [0.3, 0.4) is 0 Å². The number of rotatable bonds is 4. The maximum atomic E-state index is 13.3. The number of methoxy groups -OCH3 is 1. The standard InChI is InChI=1S/C14H13FN2O3/c1-20-12-7-8(5-6-10(12)15)17-13-9(14(18)19)3-2-4-11(13)16/h2-7,17H,16H2,1H3,(H,18,19). The van der Waals surface area contributed by atoms with Crippen LogP contribution in [0, 0.1) is 5.82 Å². The lowest BCUT2D eigenvalue weighted by Gasteiger charge is -2.13. The second kappa shape index (κ2) is 5.48. The zero-order valence-corrected chi connectivity index (χ0v) is 10.7. The number of nitrogen functional groups attached to an aromatic ring is 1. The number of hydrogen-bond donors (Lipinski definition) is 3. The molecule has 0 aliphatic rings. The van der Waals surface area contributed by atoms with Crippen LogP contribution in [0.4, 0.5) is 21.5 Å². The zero-order chi connectivity index (χ0) is 14.7. The minimum atomic E-state index is -1.10. The van der Waals surface area contributed by atoms with Gasteiger partial charge in [-0.1, -0.05) is 6.07 Å². The quantitative estimate of drug-likeness (QED) is 0.748. The van der Waals surface area contributed by atoms with E-state index in [1.54, 1.807) is 12.1 Å². The van der Waals surface area contributed by atoms with Crippen LogP contribution in [0.2, 0.25) is 0 Å². The highest BCUT2D eigenvalue weighted by molar-refractivity contribution is 5.98. The number of carbonyl (C=O) groups is 1. The second-order valence-electron chi connectivity index (χ2n) is 4.05. The highest BCUT2D eigenvalue weighted by atomic mass is 19.1. The van der Waals surface area contributed by atoms with Crippen molar-refractivity contribution in [1.29, 1.82) is 0 Å². The summed E-state index contributed by atoms with van der Waals surface area (Å²) in [6, 6.07) is 8.68. The van der Waals surface area contributed by atoms with Crippen LogP contribution in [0.5, 0.6) is 5.75 Å². The van der Waals surface area contributed by atoms with Crippen LogP contribution in [0.25, 0.3) is 0 Å². The molecule has 4 N–H and O–H groups in total. The lowest BCUT2D eigenvalue weighted by atomic mass is 10.1. The minimum absolute atomic E-state index is 0.0355. The monoisotopic (exact) mass is 276 g/mol. The third kappa shape index (κ3) is 2.64. The van der Waals surface area contributed by atoms with Crippen molar-refractivity contribution in [3.8, 4) is 5.75 Å². The Morgan fingerprint density at radius 3 is 2.75 bits per heavy atom. The van der Waals surface area contributed by atoms with E-state index < -0.39 is 11.8 Å². The van der Waals surface area contributed by atoms with E-state index >= 15 is 0 Å². The minimum Gasteiger partial charge on any atom is -0.494 e. The Labute approximate surface area is 114 Å². The number of anilines is 3. The summed E-state index contributed by atoms with van der Waals surface area (Å²) in [6.07, 6.45) is 0. The summed E-state index contributed by atoms with van der Waals surface area (Å²) in [7, 11) is 1.35. The van der Waals surface area contributed by atoms with Crippen LogP contribution in [0.15, 0.2) is 36.4 Å². The number of nitrogens with two attached hydrogens (primary N) is 1. The van der Waals surface area contributed by atoms with Crippen molar-refractivity contribution in [3.63, 3.8) is 0 Å². The molecule has 0 saturated carbocycles. The van der Waals surface area contributed by atoms with Gasteiger partial charge in [0.2, 0.25) is 0 Å². The first kappa shape index (κ1) is 13.7. The third-order valence-corrected chi connectivity index (χ3v) is 2.75. The lowest BCUT2D eigenvalue weighted by molar-refractivity contribution is 0.0698. The molecule has 2 rings (SSSR count). The Balaban J connectivity index is 2.42. The molecule has 0 bridgehead atoms. The molecule has 2 aromatic rings. The van der Waals surface area contributed by atoms with Crippen LogP contribution in [0.1, 0.15) is 10.4 Å². The molecule has 0 fully saturated rings. The van der Waals surface area contributed by atoms with E-state index in [1.807, 2.05) is 0 Å². The fourth-order valence-corrected chi connectivity index (χ4v) is 1.77. The molecule has 0 atom stereocenters. The first-order chi connectivity index (χ1) is 9.52. The zero-order valence-electron chi connectivity index (χ0n) is 10.7. The van der Waals surface area contributed by atoms with E-state index in [0.717, 1.165) is 0 Å². The molecule has 0 saturated heterocycles. The first-order valence-electron chi connectivity index (χ1n) is 5.75. The van der Waals surface area contributed by atoms with Crippen LogP contribution < -0.4 is 15.8 Å². The number of halogens is 1. The average molecular weight is 276 g/mol. The SMILES string of the molecule is COc1cc(Nc2c(N)cccc2C(=O)O)ccc1F. The van der Waals surface area contributed by atoms with E-state index in [0.29, 0.717) is 5.69 Å². The smallest absolute Gasteiger partial charge is 0.337 e. The Bertz CT molecular complexity index is 659. The van der Waals surface area contributed by atoms with Crippen LogP contribution >= 0.6 is 0 Å². The summed E-state index contributed by atoms with van der Waals surface area (Å²) in [5.74, 6) is -1.55. The van der Waals surface area contributed by atoms with Gasteiger partial charge in [0, 0.05) is 11.8 Å². The van der Waals surface area contributed by atoms with Gasteiger partial charge in [-0.3, -0.25) is 0 Å². The van der Waals surface area contributed by atoms with E-state index in [9.17, 15) is 9.18 Å². The Morgan fingerprint density at radius 2 is 2.10 bits per heavy atom. The molecule has 0 spiro atoms. The van der Waals surface area contributed by atoms with Gasteiger partial charge in [-0.25, -0.2) is 9.18 Å². The molecule has 5 nitrogen and oxygen atoms in total. The molecule has 20 heavy (non-hydrogen) atoms. The van der Waals surface area contributed by atoms with Crippen molar-refractivity contribution in [2.45, 2.75) is 0 Å². The van der Waals surface area contributed by atoms with Gasteiger partial charge in [-0.15, -0.1) is 0 Å². The largest absolute Gasteiger partial charge is 0.494 e. The number of ether oxygens (including phenoxy) is 1. The van der Waals surface area contributed by atoms with E-state index in [4.69, 9.17) is 15.6 Å². The van der Waals surface area contributed by atoms with Crippen molar-refractivity contribution < 1.29 is 19.0 Å². The number of aromatic carboxylic acids is 1. The second-order valence-corrected chi connectivity index (χ2v) is 4.05. The molecular formula is C14H13FN2O3. The van der Waals surface area contributed by atoms with Gasteiger partial charge in [0.15, 0.2) is 11.6 Å². The fourth-order valence-electron chi connectivity index (χ4n) is 1.77. The third-order valence-electron chi connectivity index (χ3n) is 2.75. The summed E-state index contributed by atoms with van der Waals surface area (Å²) < 4.78 is 18.2. The molecule has 0 aliphatic heterocycles. The summed E-state index contributed by atoms with van der Waals surface area (Å²) >= 11 is 0. The van der Waals surface area contributed by atoms with Crippen LogP contribution in [-0.4, -0.2) is 18.2 Å². The number of carboxylic acid groups (broad SMARTS) is 1. The van der Waals surface area contributed by atoms with Gasteiger partial charge in [0.1, 0.15) is 0 Å². The lowest BCUT2D eigenvalue weighted by Crippen LogP contribution is -2.05. The molecule has 0 aliphatic carbocycles. The molecule has 0 heterocycles. The van der Waals surface area contributed by atoms with Gasteiger partial charge in [0.25, 0.3) is 0 Å². The highest BCUT2D eigenvalue weighted by Gasteiger charge is 2.13. The number of nitrogens with one attached hydrogen (secondary N) is 1. The number of hydrogen-bond acceptors (Lipinski definition) is 4. The molecule has 0 amide bonds. The highest BCUT2D eigenvalue weighted by Crippen LogP contribution is 2.29. The Hall–Kier alpha value is -2.76. The number of benzene rings is 2. The predicted molar refractivity (Wildman–Crippen MR) is 74.0 cm³/mol. The summed E-state index contributed by atoms with van der Waals surface area (Å²) in [4.78, 5) is 11.2. The molecule has 6 heteroatoms. The summed E-state index contributed by atoms with van der Waals surface area (Å²) in [5.41, 5.74) is 6.83. The molecule has 0 aromatic heterocycles. The molecule has 2 aromatic carbocycles. The Morgan fingerprint density at radius 1 is 1.35 bits per heavy atom. The van der Waals surface area contributed by atoms with Gasteiger partial charge in [-0.2, -0.15) is 0 Å². The van der Waals surface area contributed by atoms with Crippen molar-refractivity contribution in [2.24, 2.45) is 0 Å². The van der Waals surface area contributed by atoms with Gasteiger partial charge in [0.05, 0.1) is 24.0 Å². The van der Waals surface area contributed by atoms with Crippen molar-refractivity contribution in [1.82, 2.24) is 0 Å². The normalized spacial score (nSPS) is 10.1. The van der Waals surface area contributed by atoms with Crippen molar-refractivity contribution >= 4 is 23.0 Å². The molecular weight excluding hydrogens is 263 g/mol. The molecule has 0 unspecified atom stereocenters. The molecule has 104 valence electrons. The topological polar surface area (TPSA) is 84.6 Å². The number of para-hydroxylation sites is 1. The van der Waals surface area contributed by atoms with E-state index in [2.05, 4.69) is 5.32 Å². The maximum absolute atomic E-state index is 13.3. The first-order valence-corrected chi connectivity index (χ1v) is 5.75. The number of carboxylic acids is 1. The van der Waals surface area contributed by atoms with Gasteiger partial charge < -0.3 is 20.9 Å². The van der Waals surface area contributed by atoms with Gasteiger partial charge >= 0.3 is 5.97 Å². The summed E-state index contributed by atoms with van der Waals surface area (Å²) in [6.45, 7) is 0. The average Bonchev–Trinajstić information content (AvgIpc) is 2.42. The predicted octanol–water partition coefficient (Wildman–Crippen LogP) is 2.86. The van der Waals surface area contributed by atoms with Gasteiger partial charge in [-0.05, 0) is 24.3 Å².